The summed E-state index contributed by atoms with van der Waals surface area (Å²) in [6.45, 7) is 7.11. The number of carbonyl (C=O) groups is 2. The molecule has 0 saturated heterocycles. The largest absolute Gasteiger partial charge is 0.478 e. The third kappa shape index (κ3) is 44.9. The third-order valence-corrected chi connectivity index (χ3v) is 2.13. The van der Waals surface area contributed by atoms with Crippen LogP contribution in [0.3, 0.4) is 0 Å². The fourth-order valence-electron chi connectivity index (χ4n) is 0.821. The molecule has 137 valence electrons. The molecule has 0 amide bonds. The van der Waals surface area contributed by atoms with Gasteiger partial charge in [-0.1, -0.05) is 40.0 Å². The number of ether oxygens (including phenoxy) is 1. The molecular formula is C16H32O6Sb. The maximum absolute atomic E-state index is 10.6. The second-order valence-corrected chi connectivity index (χ2v) is 4.35. The molecule has 0 aromatic rings. The van der Waals surface area contributed by atoms with Crippen LogP contribution in [-0.2, 0) is 14.3 Å². The fraction of sp³-hybridized carbons (Fsp3) is 0.750. The van der Waals surface area contributed by atoms with E-state index in [2.05, 4.69) is 18.6 Å². The van der Waals surface area contributed by atoms with Crippen molar-refractivity contribution >= 4 is 36.4 Å². The number of carbonyl (C=O) groups excluding carboxylic acids is 1. The minimum Gasteiger partial charge on any atom is -0.478 e. The van der Waals surface area contributed by atoms with Crippen LogP contribution in [0.15, 0.2) is 12.2 Å². The Morgan fingerprint density at radius 2 is 1.30 bits per heavy atom. The van der Waals surface area contributed by atoms with Gasteiger partial charge in [-0.3, -0.25) is 0 Å². The van der Waals surface area contributed by atoms with Crippen molar-refractivity contribution < 1.29 is 29.6 Å². The molecule has 23 heavy (non-hydrogen) atoms. The van der Waals surface area contributed by atoms with Gasteiger partial charge in [-0.2, -0.15) is 0 Å². The van der Waals surface area contributed by atoms with Gasteiger partial charge in [-0.25, -0.2) is 9.59 Å². The number of aliphatic hydroxyl groups is 2. The first-order valence-corrected chi connectivity index (χ1v) is 7.79. The summed E-state index contributed by atoms with van der Waals surface area (Å²) in [6, 6.07) is 0. The maximum atomic E-state index is 10.6. The van der Waals surface area contributed by atoms with E-state index in [0.717, 1.165) is 50.7 Å². The normalized spacial score (nSPS) is 8.91. The summed E-state index contributed by atoms with van der Waals surface area (Å²) < 4.78 is 4.64. The van der Waals surface area contributed by atoms with Gasteiger partial charge >= 0.3 is 11.9 Å². The van der Waals surface area contributed by atoms with Crippen LogP contribution >= 0.6 is 0 Å². The van der Waals surface area contributed by atoms with Gasteiger partial charge in [0.2, 0.25) is 0 Å². The molecule has 7 heteroatoms. The van der Waals surface area contributed by atoms with Gasteiger partial charge in [0, 0.05) is 49.8 Å². The zero-order valence-corrected chi connectivity index (χ0v) is 17.1. The first-order valence-electron chi connectivity index (χ1n) is 7.79. The summed E-state index contributed by atoms with van der Waals surface area (Å²) in [4.78, 5) is 20.6. The van der Waals surface area contributed by atoms with Crippen molar-refractivity contribution in [3.05, 3.63) is 12.2 Å². The second kappa shape index (κ2) is 29.4. The number of esters is 1. The molecule has 0 saturated carbocycles. The number of carboxylic acid groups (broad SMARTS) is 1. The molecule has 3 radical (unpaired) electrons. The Balaban J connectivity index is -0.000000137. The molecule has 0 spiro atoms. The van der Waals surface area contributed by atoms with Crippen molar-refractivity contribution in [2.24, 2.45) is 0 Å². The van der Waals surface area contributed by atoms with E-state index in [1.54, 1.807) is 0 Å². The molecule has 0 aliphatic carbocycles. The summed E-state index contributed by atoms with van der Waals surface area (Å²) in [5.74, 6) is -1.76. The van der Waals surface area contributed by atoms with E-state index in [1.807, 2.05) is 6.92 Å². The van der Waals surface area contributed by atoms with Crippen molar-refractivity contribution in [1.29, 1.82) is 0 Å². The molecule has 0 atom stereocenters. The number of rotatable bonds is 9. The van der Waals surface area contributed by atoms with E-state index >= 15 is 0 Å². The minimum atomic E-state index is -1.15. The minimum absolute atomic E-state index is 0. The maximum Gasteiger partial charge on any atom is 0.331 e. The van der Waals surface area contributed by atoms with E-state index in [9.17, 15) is 9.59 Å². The van der Waals surface area contributed by atoms with Crippen LogP contribution in [0.2, 0.25) is 0 Å². The molecule has 0 fully saturated rings. The molecule has 0 aromatic carbocycles. The Morgan fingerprint density at radius 1 is 0.870 bits per heavy atom. The fourth-order valence-corrected chi connectivity index (χ4v) is 0.821. The van der Waals surface area contributed by atoms with Gasteiger partial charge in [-0.15, -0.1) is 0 Å². The van der Waals surface area contributed by atoms with Crippen molar-refractivity contribution in [2.45, 2.75) is 59.3 Å². The molecule has 0 aliphatic rings. The summed E-state index contributed by atoms with van der Waals surface area (Å²) in [5, 5.41) is 24.3. The van der Waals surface area contributed by atoms with Gasteiger partial charge in [0.05, 0.1) is 6.61 Å². The molecule has 3 N–H and O–H groups in total. The zero-order valence-electron chi connectivity index (χ0n) is 14.5. The van der Waals surface area contributed by atoms with E-state index < -0.39 is 11.9 Å². The number of carboxylic acids is 1. The number of hydrogen-bond donors (Lipinski definition) is 3. The van der Waals surface area contributed by atoms with E-state index in [1.165, 1.54) is 0 Å². The van der Waals surface area contributed by atoms with Crippen molar-refractivity contribution in [2.75, 3.05) is 19.8 Å². The predicted octanol–water partition coefficient (Wildman–Crippen LogP) is 2.15. The Hall–Kier alpha value is -0.582. The Morgan fingerprint density at radius 3 is 1.57 bits per heavy atom. The summed E-state index contributed by atoms with van der Waals surface area (Å²) in [7, 11) is 0. The van der Waals surface area contributed by atoms with Gasteiger partial charge in [-0.05, 0) is 19.3 Å². The summed E-state index contributed by atoms with van der Waals surface area (Å²) in [5.41, 5.74) is 0. The quantitative estimate of drug-likeness (QED) is 0.219. The van der Waals surface area contributed by atoms with Crippen LogP contribution in [0.4, 0.5) is 0 Å². The summed E-state index contributed by atoms with van der Waals surface area (Å²) >= 11 is 0. The smallest absolute Gasteiger partial charge is 0.331 e. The molecule has 0 unspecified atom stereocenters. The molecule has 6 nitrogen and oxygen atoms in total. The first kappa shape index (κ1) is 30.3. The van der Waals surface area contributed by atoms with Crippen LogP contribution in [0, 0.1) is 0 Å². The molecule has 0 aromatic heterocycles. The standard InChI is InChI=1S/C8H12O4.2C4H10O.Sb/c1-2-3-6-12-8(11)5-4-7(9)10;2*1-2-3-4-5;/h4-5H,2-3,6H2,1H3,(H,9,10);2*5H,2-4H2,1H3;/b5-4+;;;. The van der Waals surface area contributed by atoms with Gasteiger partial charge in [0.15, 0.2) is 0 Å². The Labute approximate surface area is 157 Å². The SMILES string of the molecule is CCCCO.CCCCO.CCCCOC(=O)/C=C/C(=O)O.[Sb]. The first-order chi connectivity index (χ1) is 10.5. The van der Waals surface area contributed by atoms with Gasteiger partial charge < -0.3 is 20.1 Å². The number of hydrogen-bond acceptors (Lipinski definition) is 5. The number of aliphatic carboxylic acids is 1. The van der Waals surface area contributed by atoms with Crippen molar-refractivity contribution in [1.82, 2.24) is 0 Å². The molecule has 0 bridgehead atoms. The van der Waals surface area contributed by atoms with Crippen LogP contribution in [0.25, 0.3) is 0 Å². The Kier molecular flexibility index (Phi) is 38.8. The van der Waals surface area contributed by atoms with Crippen LogP contribution < -0.4 is 0 Å². The van der Waals surface area contributed by atoms with Crippen LogP contribution in [0.5, 0.6) is 0 Å². The number of aliphatic hydroxyl groups excluding tert-OH is 2. The van der Waals surface area contributed by atoms with Crippen LogP contribution in [0.1, 0.15) is 59.3 Å². The molecule has 0 heterocycles. The third-order valence-electron chi connectivity index (χ3n) is 2.13. The van der Waals surface area contributed by atoms with Crippen molar-refractivity contribution in [3.8, 4) is 0 Å². The monoisotopic (exact) mass is 441 g/mol. The van der Waals surface area contributed by atoms with E-state index in [0.29, 0.717) is 19.8 Å². The average Bonchev–Trinajstić information content (AvgIpc) is 2.48. The van der Waals surface area contributed by atoms with E-state index in [-0.39, 0.29) is 24.4 Å². The van der Waals surface area contributed by atoms with E-state index in [4.69, 9.17) is 15.3 Å². The molecule has 0 aliphatic heterocycles. The van der Waals surface area contributed by atoms with Gasteiger partial charge in [0.1, 0.15) is 0 Å². The topological polar surface area (TPSA) is 104 Å². The van der Waals surface area contributed by atoms with Crippen LogP contribution in [-0.4, -0.2) is 71.5 Å². The van der Waals surface area contributed by atoms with Gasteiger partial charge in [0.25, 0.3) is 0 Å². The second-order valence-electron chi connectivity index (χ2n) is 4.35. The Bertz CT molecular complexity index is 259. The zero-order chi connectivity index (χ0) is 17.6. The number of unbranched alkanes of at least 4 members (excludes halogenated alkanes) is 3. The molecule has 0 rings (SSSR count). The average molecular weight is 442 g/mol. The summed E-state index contributed by atoms with van der Waals surface area (Å²) in [6.07, 6.45) is 7.47. The predicted molar refractivity (Wildman–Crippen MR) is 92.4 cm³/mol. The molecular weight excluding hydrogens is 410 g/mol. The van der Waals surface area contributed by atoms with Crippen molar-refractivity contribution in [3.63, 3.8) is 0 Å².